The van der Waals surface area contributed by atoms with Gasteiger partial charge in [0.1, 0.15) is 0 Å². The summed E-state index contributed by atoms with van der Waals surface area (Å²) in [6, 6.07) is 5.97. The minimum absolute atomic E-state index is 0.0332. The molecule has 0 unspecified atom stereocenters. The van der Waals surface area contributed by atoms with E-state index in [0.29, 0.717) is 18.7 Å². The van der Waals surface area contributed by atoms with Crippen LogP contribution in [-0.2, 0) is 14.6 Å². The average molecular weight is 393 g/mol. The highest BCUT2D eigenvalue weighted by Crippen LogP contribution is 2.26. The molecule has 1 saturated carbocycles. The normalized spacial score (nSPS) is 21.2. The van der Waals surface area contributed by atoms with Gasteiger partial charge >= 0.3 is 0 Å². The maximum Gasteiger partial charge on any atom is 0.251 e. The summed E-state index contributed by atoms with van der Waals surface area (Å²) in [7, 11) is -3.27. The van der Waals surface area contributed by atoms with Crippen LogP contribution >= 0.6 is 0 Å². The quantitative estimate of drug-likeness (QED) is 0.834. The van der Waals surface area contributed by atoms with Crippen LogP contribution in [0.3, 0.4) is 0 Å². The number of hydrogen-bond acceptors (Lipinski definition) is 4. The number of hydrogen-bond donors (Lipinski definition) is 1. The number of carbonyl (C=O) groups excluding carboxylic acids is 2. The lowest BCUT2D eigenvalue weighted by Crippen LogP contribution is -2.40. The van der Waals surface area contributed by atoms with Crippen LogP contribution in [0, 0.1) is 5.92 Å². The Morgan fingerprint density at radius 3 is 2.37 bits per heavy atom. The lowest BCUT2D eigenvalue weighted by molar-refractivity contribution is -0.135. The summed E-state index contributed by atoms with van der Waals surface area (Å²) >= 11 is 0. The summed E-state index contributed by atoms with van der Waals surface area (Å²) in [5, 5.41) is 2.97. The lowest BCUT2D eigenvalue weighted by atomic mass is 9.88. The molecule has 7 heteroatoms. The van der Waals surface area contributed by atoms with Gasteiger partial charge in [0.05, 0.1) is 10.6 Å². The van der Waals surface area contributed by atoms with Crippen molar-refractivity contribution in [3.63, 3.8) is 0 Å². The van der Waals surface area contributed by atoms with Gasteiger partial charge in [-0.05, 0) is 43.5 Å². The molecule has 2 fully saturated rings. The van der Waals surface area contributed by atoms with E-state index in [1.165, 1.54) is 30.7 Å². The summed E-state index contributed by atoms with van der Waals surface area (Å²) in [6.45, 7) is 2.84. The van der Waals surface area contributed by atoms with Crippen molar-refractivity contribution in [2.24, 2.45) is 5.92 Å². The molecule has 0 spiro atoms. The Hall–Kier alpha value is -1.89. The van der Waals surface area contributed by atoms with E-state index in [1.54, 1.807) is 6.92 Å². The van der Waals surface area contributed by atoms with Gasteiger partial charge in [-0.1, -0.05) is 26.2 Å². The second-order valence-electron chi connectivity index (χ2n) is 7.51. The molecule has 148 valence electrons. The van der Waals surface area contributed by atoms with Crippen molar-refractivity contribution in [1.29, 1.82) is 0 Å². The third-order valence-corrected chi connectivity index (χ3v) is 7.40. The zero-order valence-electron chi connectivity index (χ0n) is 15.8. The van der Waals surface area contributed by atoms with Gasteiger partial charge in [-0.15, -0.1) is 0 Å². The standard InChI is InChI=1S/C20H28N2O4S/c1-2-27(25,26)18-10-8-15(9-11-18)19(23)21-17-12-13-22(14-17)20(24)16-6-4-3-5-7-16/h8-11,16-17H,2-7,12-14H2,1H3,(H,21,23)/t17-/m1/s1. The summed E-state index contributed by atoms with van der Waals surface area (Å²) in [4.78, 5) is 27.2. The Morgan fingerprint density at radius 2 is 1.74 bits per heavy atom. The van der Waals surface area contributed by atoms with E-state index in [-0.39, 0.29) is 34.4 Å². The fourth-order valence-electron chi connectivity index (χ4n) is 3.94. The fourth-order valence-corrected chi connectivity index (χ4v) is 4.82. The van der Waals surface area contributed by atoms with Gasteiger partial charge in [0.2, 0.25) is 5.91 Å². The predicted molar refractivity (Wildman–Crippen MR) is 103 cm³/mol. The Labute approximate surface area is 161 Å². The number of likely N-dealkylation sites (tertiary alicyclic amines) is 1. The molecule has 1 atom stereocenters. The SMILES string of the molecule is CCS(=O)(=O)c1ccc(C(=O)N[C@@H]2CCN(C(=O)C3CCCCC3)C2)cc1. The van der Waals surface area contributed by atoms with Crippen LogP contribution in [0.4, 0.5) is 0 Å². The fraction of sp³-hybridized carbons (Fsp3) is 0.600. The molecule has 1 saturated heterocycles. The van der Waals surface area contributed by atoms with Crippen molar-refractivity contribution < 1.29 is 18.0 Å². The highest BCUT2D eigenvalue weighted by Gasteiger charge is 2.32. The minimum atomic E-state index is -3.27. The van der Waals surface area contributed by atoms with Crippen molar-refractivity contribution in [3.05, 3.63) is 29.8 Å². The molecule has 1 aliphatic carbocycles. The molecule has 1 aromatic carbocycles. The highest BCUT2D eigenvalue weighted by atomic mass is 32.2. The maximum absolute atomic E-state index is 12.6. The van der Waals surface area contributed by atoms with E-state index in [4.69, 9.17) is 0 Å². The Bertz CT molecular complexity index is 783. The van der Waals surface area contributed by atoms with Crippen molar-refractivity contribution >= 4 is 21.7 Å². The molecule has 27 heavy (non-hydrogen) atoms. The molecular formula is C20H28N2O4S. The molecule has 3 rings (SSSR count). The van der Waals surface area contributed by atoms with Gasteiger partial charge in [-0.2, -0.15) is 0 Å². The van der Waals surface area contributed by atoms with Crippen LogP contribution in [0.25, 0.3) is 0 Å². The van der Waals surface area contributed by atoms with Gasteiger partial charge in [0.15, 0.2) is 9.84 Å². The Balaban J connectivity index is 1.55. The number of amides is 2. The molecule has 1 N–H and O–H groups in total. The molecule has 1 heterocycles. The van der Waals surface area contributed by atoms with Crippen molar-refractivity contribution in [2.75, 3.05) is 18.8 Å². The van der Waals surface area contributed by atoms with E-state index >= 15 is 0 Å². The topological polar surface area (TPSA) is 83.6 Å². The van der Waals surface area contributed by atoms with Crippen LogP contribution in [0.15, 0.2) is 29.2 Å². The number of benzene rings is 1. The third kappa shape index (κ3) is 4.69. The van der Waals surface area contributed by atoms with Crippen LogP contribution in [0.2, 0.25) is 0 Å². The molecule has 0 bridgehead atoms. The van der Waals surface area contributed by atoms with E-state index < -0.39 is 9.84 Å². The van der Waals surface area contributed by atoms with E-state index in [1.807, 2.05) is 4.90 Å². The first-order valence-electron chi connectivity index (χ1n) is 9.83. The zero-order chi connectivity index (χ0) is 19.4. The Morgan fingerprint density at radius 1 is 1.07 bits per heavy atom. The van der Waals surface area contributed by atoms with Gasteiger partial charge in [-0.25, -0.2) is 8.42 Å². The van der Waals surface area contributed by atoms with Crippen molar-refractivity contribution in [2.45, 2.75) is 56.4 Å². The highest BCUT2D eigenvalue weighted by molar-refractivity contribution is 7.91. The monoisotopic (exact) mass is 392 g/mol. The van der Waals surface area contributed by atoms with Crippen molar-refractivity contribution in [1.82, 2.24) is 10.2 Å². The molecule has 1 aromatic rings. The summed E-state index contributed by atoms with van der Waals surface area (Å²) < 4.78 is 23.7. The molecule has 6 nitrogen and oxygen atoms in total. The third-order valence-electron chi connectivity index (χ3n) is 5.65. The second kappa shape index (κ2) is 8.42. The molecule has 0 radical (unpaired) electrons. The average Bonchev–Trinajstić information content (AvgIpc) is 3.16. The molecule has 0 aromatic heterocycles. The number of nitrogens with zero attached hydrogens (tertiary/aromatic N) is 1. The van der Waals surface area contributed by atoms with Crippen LogP contribution in [0.1, 0.15) is 55.8 Å². The number of carbonyl (C=O) groups is 2. The lowest BCUT2D eigenvalue weighted by Gasteiger charge is -2.26. The molecule has 2 aliphatic rings. The van der Waals surface area contributed by atoms with E-state index in [0.717, 1.165) is 32.1 Å². The predicted octanol–water partition coefficient (Wildman–Crippen LogP) is 2.39. The van der Waals surface area contributed by atoms with Gasteiger partial charge in [-0.3, -0.25) is 9.59 Å². The first-order chi connectivity index (χ1) is 12.9. The number of rotatable bonds is 5. The molecule has 2 amide bonds. The number of nitrogens with one attached hydrogen (secondary N) is 1. The van der Waals surface area contributed by atoms with Crippen LogP contribution < -0.4 is 5.32 Å². The zero-order valence-corrected chi connectivity index (χ0v) is 16.6. The number of sulfone groups is 1. The minimum Gasteiger partial charge on any atom is -0.347 e. The van der Waals surface area contributed by atoms with E-state index in [2.05, 4.69) is 5.32 Å². The van der Waals surface area contributed by atoms with E-state index in [9.17, 15) is 18.0 Å². The summed E-state index contributed by atoms with van der Waals surface area (Å²) in [5.41, 5.74) is 0.433. The molecular weight excluding hydrogens is 364 g/mol. The largest absolute Gasteiger partial charge is 0.347 e. The van der Waals surface area contributed by atoms with Gasteiger partial charge in [0, 0.05) is 30.6 Å². The maximum atomic E-state index is 12.6. The van der Waals surface area contributed by atoms with Gasteiger partial charge < -0.3 is 10.2 Å². The van der Waals surface area contributed by atoms with Gasteiger partial charge in [0.25, 0.3) is 5.91 Å². The summed E-state index contributed by atoms with van der Waals surface area (Å²) in [5.74, 6) is 0.195. The second-order valence-corrected chi connectivity index (χ2v) is 9.78. The first kappa shape index (κ1) is 19.9. The smallest absolute Gasteiger partial charge is 0.251 e. The Kier molecular flexibility index (Phi) is 6.19. The van der Waals surface area contributed by atoms with Crippen LogP contribution in [0.5, 0.6) is 0 Å². The first-order valence-corrected chi connectivity index (χ1v) is 11.5. The van der Waals surface area contributed by atoms with Crippen LogP contribution in [-0.4, -0.2) is 50.0 Å². The van der Waals surface area contributed by atoms with Crippen molar-refractivity contribution in [3.8, 4) is 0 Å². The molecule has 1 aliphatic heterocycles. The summed E-state index contributed by atoms with van der Waals surface area (Å²) in [6.07, 6.45) is 6.22.